The summed E-state index contributed by atoms with van der Waals surface area (Å²) in [7, 11) is 1.94. The van der Waals surface area contributed by atoms with Crippen molar-refractivity contribution in [2.24, 2.45) is 0 Å². The number of halogens is 1. The van der Waals surface area contributed by atoms with Crippen LogP contribution in [0.3, 0.4) is 0 Å². The van der Waals surface area contributed by atoms with Gasteiger partial charge in [-0.25, -0.2) is 9.37 Å². The molecular formula is C28H35FN4O2. The molecule has 0 radical (unpaired) electrons. The number of hydrogen-bond acceptors (Lipinski definition) is 3. The second kappa shape index (κ2) is 12.0. The Hall–Kier alpha value is -3.22. The molecule has 0 saturated heterocycles. The Morgan fingerprint density at radius 2 is 1.77 bits per heavy atom. The first-order valence-electron chi connectivity index (χ1n) is 12.8. The third-order valence-electron chi connectivity index (χ3n) is 7.02. The molecule has 0 spiro atoms. The molecule has 0 aliphatic heterocycles. The normalized spacial score (nSPS) is 14.2. The number of carbonyl (C=O) groups is 2. The van der Waals surface area contributed by atoms with Crippen molar-refractivity contribution in [3.8, 4) is 0 Å². The number of aryl methyl sites for hydroxylation is 1. The summed E-state index contributed by atoms with van der Waals surface area (Å²) in [6.07, 6.45) is 9.19. The van der Waals surface area contributed by atoms with E-state index >= 15 is 0 Å². The number of hydrogen-bond donors (Lipinski definition) is 1. The van der Waals surface area contributed by atoms with E-state index in [0.717, 1.165) is 55.4 Å². The largest absolute Gasteiger partial charge is 0.352 e. The van der Waals surface area contributed by atoms with Crippen molar-refractivity contribution < 1.29 is 14.0 Å². The fourth-order valence-corrected chi connectivity index (χ4v) is 4.94. The van der Waals surface area contributed by atoms with Gasteiger partial charge in [0.15, 0.2) is 0 Å². The molecular weight excluding hydrogens is 443 g/mol. The average Bonchev–Trinajstić information content (AvgIpc) is 3.23. The molecule has 1 N–H and O–H groups in total. The number of fused-ring (bicyclic) bond motifs is 1. The predicted molar refractivity (Wildman–Crippen MR) is 136 cm³/mol. The quantitative estimate of drug-likeness (QED) is 0.412. The Bertz CT molecular complexity index is 1150. The van der Waals surface area contributed by atoms with E-state index in [1.54, 1.807) is 12.1 Å². The maximum Gasteiger partial charge on any atom is 0.254 e. The molecule has 2 amide bonds. The fourth-order valence-electron chi connectivity index (χ4n) is 4.94. The van der Waals surface area contributed by atoms with Gasteiger partial charge in [-0.2, -0.15) is 0 Å². The SMILES string of the molecule is CN(C(=O)Cn1c(CCCCCNC(=O)c2ccccc2F)nc2ccccc21)C1CCCCC1. The van der Waals surface area contributed by atoms with Gasteiger partial charge in [-0.15, -0.1) is 0 Å². The molecule has 1 aliphatic rings. The Morgan fingerprint density at radius 3 is 2.57 bits per heavy atom. The topological polar surface area (TPSA) is 67.2 Å². The minimum atomic E-state index is -0.507. The Balaban J connectivity index is 1.31. The van der Waals surface area contributed by atoms with E-state index in [0.29, 0.717) is 19.1 Å². The van der Waals surface area contributed by atoms with Gasteiger partial charge in [-0.3, -0.25) is 9.59 Å². The Kier molecular flexibility index (Phi) is 8.50. The van der Waals surface area contributed by atoms with E-state index in [9.17, 15) is 14.0 Å². The molecule has 1 aromatic heterocycles. The van der Waals surface area contributed by atoms with Crippen LogP contribution in [0.15, 0.2) is 48.5 Å². The minimum Gasteiger partial charge on any atom is -0.352 e. The highest BCUT2D eigenvalue weighted by atomic mass is 19.1. The molecule has 0 bridgehead atoms. The molecule has 186 valence electrons. The molecule has 35 heavy (non-hydrogen) atoms. The maximum absolute atomic E-state index is 13.7. The Labute approximate surface area is 206 Å². The highest BCUT2D eigenvalue weighted by molar-refractivity contribution is 5.94. The van der Waals surface area contributed by atoms with Gasteiger partial charge < -0.3 is 14.8 Å². The smallest absolute Gasteiger partial charge is 0.254 e. The van der Waals surface area contributed by atoms with Crippen LogP contribution >= 0.6 is 0 Å². The third kappa shape index (κ3) is 6.27. The monoisotopic (exact) mass is 478 g/mol. The van der Waals surface area contributed by atoms with Crippen LogP contribution in [-0.2, 0) is 17.8 Å². The number of nitrogens with zero attached hydrogens (tertiary/aromatic N) is 3. The van der Waals surface area contributed by atoms with Crippen molar-refractivity contribution >= 4 is 22.8 Å². The zero-order valence-electron chi connectivity index (χ0n) is 20.5. The summed E-state index contributed by atoms with van der Waals surface area (Å²) in [5, 5.41) is 2.79. The molecule has 1 fully saturated rings. The molecule has 1 saturated carbocycles. The van der Waals surface area contributed by atoms with Crippen molar-refractivity contribution in [1.29, 1.82) is 0 Å². The number of rotatable bonds is 10. The molecule has 1 aliphatic carbocycles. The van der Waals surface area contributed by atoms with Crippen LogP contribution in [0.4, 0.5) is 4.39 Å². The zero-order valence-corrected chi connectivity index (χ0v) is 20.5. The minimum absolute atomic E-state index is 0.0732. The van der Waals surface area contributed by atoms with E-state index < -0.39 is 5.82 Å². The van der Waals surface area contributed by atoms with Crippen LogP contribution in [0.1, 0.15) is 67.5 Å². The van der Waals surface area contributed by atoms with Gasteiger partial charge in [0.1, 0.15) is 18.2 Å². The van der Waals surface area contributed by atoms with Gasteiger partial charge >= 0.3 is 0 Å². The lowest BCUT2D eigenvalue weighted by molar-refractivity contribution is -0.133. The van der Waals surface area contributed by atoms with E-state index in [2.05, 4.69) is 9.88 Å². The number of imidazole rings is 1. The van der Waals surface area contributed by atoms with E-state index in [1.807, 2.05) is 36.2 Å². The molecule has 7 heteroatoms. The summed E-state index contributed by atoms with van der Waals surface area (Å²) in [5.74, 6) is 0.169. The number of unbranched alkanes of at least 4 members (excludes halogenated alkanes) is 2. The van der Waals surface area contributed by atoms with Gasteiger partial charge in [0, 0.05) is 26.1 Å². The maximum atomic E-state index is 13.7. The van der Waals surface area contributed by atoms with Crippen LogP contribution in [0.5, 0.6) is 0 Å². The fraction of sp³-hybridized carbons (Fsp3) is 0.464. The first kappa shape index (κ1) is 24.9. The average molecular weight is 479 g/mol. The van der Waals surface area contributed by atoms with E-state index in [4.69, 9.17) is 4.98 Å². The van der Waals surface area contributed by atoms with E-state index in [1.165, 1.54) is 31.4 Å². The van der Waals surface area contributed by atoms with Crippen molar-refractivity contribution in [3.63, 3.8) is 0 Å². The molecule has 0 unspecified atom stereocenters. The van der Waals surface area contributed by atoms with Crippen LogP contribution in [0.25, 0.3) is 11.0 Å². The van der Waals surface area contributed by atoms with Crippen LogP contribution in [0.2, 0.25) is 0 Å². The van der Waals surface area contributed by atoms with Gasteiger partial charge in [0.2, 0.25) is 5.91 Å². The molecule has 3 aromatic rings. The molecule has 1 heterocycles. The zero-order chi connectivity index (χ0) is 24.6. The third-order valence-corrected chi connectivity index (χ3v) is 7.02. The van der Waals surface area contributed by atoms with E-state index in [-0.39, 0.29) is 17.4 Å². The molecule has 6 nitrogen and oxygen atoms in total. The van der Waals surface area contributed by atoms with Crippen molar-refractivity contribution in [3.05, 3.63) is 65.7 Å². The highest BCUT2D eigenvalue weighted by Gasteiger charge is 2.23. The molecule has 4 rings (SSSR count). The van der Waals surface area contributed by atoms with Crippen LogP contribution < -0.4 is 5.32 Å². The van der Waals surface area contributed by atoms with Gasteiger partial charge in [-0.05, 0) is 49.9 Å². The second-order valence-electron chi connectivity index (χ2n) is 9.45. The van der Waals surface area contributed by atoms with Gasteiger partial charge in [0.05, 0.1) is 16.6 Å². The number of amides is 2. The van der Waals surface area contributed by atoms with Crippen molar-refractivity contribution in [1.82, 2.24) is 19.8 Å². The molecule has 2 aromatic carbocycles. The highest BCUT2D eigenvalue weighted by Crippen LogP contribution is 2.23. The number of benzene rings is 2. The summed E-state index contributed by atoms with van der Waals surface area (Å²) < 4.78 is 15.8. The lowest BCUT2D eigenvalue weighted by Gasteiger charge is -2.31. The molecule has 0 atom stereocenters. The lowest BCUT2D eigenvalue weighted by atomic mass is 9.94. The number of nitrogens with one attached hydrogen (secondary N) is 1. The van der Waals surface area contributed by atoms with Crippen LogP contribution in [0, 0.1) is 5.82 Å². The number of para-hydroxylation sites is 2. The number of likely N-dealkylation sites (N-methyl/N-ethyl adjacent to an activating group) is 1. The number of carbonyl (C=O) groups excluding carboxylic acids is 2. The van der Waals surface area contributed by atoms with Crippen molar-refractivity contribution in [2.75, 3.05) is 13.6 Å². The summed E-state index contributed by atoms with van der Waals surface area (Å²) in [6.45, 7) is 0.801. The van der Waals surface area contributed by atoms with Gasteiger partial charge in [0.25, 0.3) is 5.91 Å². The van der Waals surface area contributed by atoms with Gasteiger partial charge in [-0.1, -0.05) is 49.9 Å². The first-order chi connectivity index (χ1) is 17.0. The standard InChI is InChI=1S/C28H35FN4O2/c1-32(21-12-4-2-5-13-21)27(34)20-33-25-17-10-9-16-24(25)31-26(33)18-6-3-11-19-30-28(35)22-14-7-8-15-23(22)29/h7-10,14-17,21H,2-6,11-13,18-20H2,1H3,(H,30,35). The first-order valence-corrected chi connectivity index (χ1v) is 12.8. The second-order valence-corrected chi connectivity index (χ2v) is 9.45. The summed E-state index contributed by atoms with van der Waals surface area (Å²) in [6, 6.07) is 14.3. The predicted octanol–water partition coefficient (Wildman–Crippen LogP) is 5.11. The summed E-state index contributed by atoms with van der Waals surface area (Å²) in [5.41, 5.74) is 1.97. The summed E-state index contributed by atoms with van der Waals surface area (Å²) >= 11 is 0. The lowest BCUT2D eigenvalue weighted by Crippen LogP contribution is -2.40. The Morgan fingerprint density at radius 1 is 1.03 bits per heavy atom. The van der Waals surface area contributed by atoms with Crippen LogP contribution in [-0.4, -0.2) is 45.9 Å². The van der Waals surface area contributed by atoms with Crippen molar-refractivity contribution in [2.45, 2.75) is 70.4 Å². The summed E-state index contributed by atoms with van der Waals surface area (Å²) in [4.78, 5) is 32.0. The number of aromatic nitrogens is 2.